The molecule has 86 valence electrons. The summed E-state index contributed by atoms with van der Waals surface area (Å²) in [5.41, 5.74) is 5.19. The molecule has 0 aliphatic heterocycles. The topological polar surface area (TPSA) is 72.9 Å². The summed E-state index contributed by atoms with van der Waals surface area (Å²) in [5, 5.41) is 2.63. The first-order valence-electron chi connectivity index (χ1n) is 4.64. The molecule has 5 nitrogen and oxygen atoms in total. The lowest BCUT2D eigenvalue weighted by atomic mass is 10.2. The molecule has 0 aromatic carbocycles. The zero-order valence-electron chi connectivity index (χ0n) is 8.93. The SMILES string of the molecule is CC(C)Cn1ccnc1NC(=O)CN.Cl. The van der Waals surface area contributed by atoms with Crippen LogP contribution in [0, 0.1) is 5.92 Å². The van der Waals surface area contributed by atoms with Gasteiger partial charge in [-0.1, -0.05) is 13.8 Å². The number of imidazole rings is 1. The van der Waals surface area contributed by atoms with Crippen LogP contribution in [0.3, 0.4) is 0 Å². The molecule has 0 radical (unpaired) electrons. The average molecular weight is 233 g/mol. The number of carbonyl (C=O) groups is 1. The van der Waals surface area contributed by atoms with Crippen LogP contribution in [0.2, 0.25) is 0 Å². The molecular weight excluding hydrogens is 216 g/mol. The summed E-state index contributed by atoms with van der Waals surface area (Å²) < 4.78 is 1.90. The maximum absolute atomic E-state index is 11.0. The Morgan fingerprint density at radius 1 is 1.67 bits per heavy atom. The second-order valence-corrected chi connectivity index (χ2v) is 3.55. The molecule has 1 rings (SSSR count). The average Bonchev–Trinajstić information content (AvgIpc) is 2.52. The molecule has 1 heterocycles. The number of hydrogen-bond acceptors (Lipinski definition) is 3. The van der Waals surface area contributed by atoms with Crippen LogP contribution in [0.4, 0.5) is 5.95 Å². The van der Waals surface area contributed by atoms with Crippen LogP contribution < -0.4 is 11.1 Å². The highest BCUT2D eigenvalue weighted by Gasteiger charge is 2.06. The van der Waals surface area contributed by atoms with Crippen molar-refractivity contribution in [2.75, 3.05) is 11.9 Å². The van der Waals surface area contributed by atoms with Crippen molar-refractivity contribution in [1.82, 2.24) is 9.55 Å². The number of nitrogens with one attached hydrogen (secondary N) is 1. The molecule has 3 N–H and O–H groups in total. The zero-order chi connectivity index (χ0) is 10.6. The number of anilines is 1. The Morgan fingerprint density at radius 3 is 2.87 bits per heavy atom. The number of nitrogens with two attached hydrogens (primary N) is 1. The lowest BCUT2D eigenvalue weighted by molar-refractivity contribution is -0.115. The predicted octanol–water partition coefficient (Wildman–Crippen LogP) is 0.858. The lowest BCUT2D eigenvalue weighted by Gasteiger charge is -2.10. The van der Waals surface area contributed by atoms with Crippen LogP contribution in [0.15, 0.2) is 12.4 Å². The van der Waals surface area contributed by atoms with E-state index in [1.165, 1.54) is 0 Å². The van der Waals surface area contributed by atoms with Gasteiger partial charge in [0.2, 0.25) is 11.9 Å². The molecule has 6 heteroatoms. The van der Waals surface area contributed by atoms with Crippen molar-refractivity contribution in [1.29, 1.82) is 0 Å². The molecule has 0 fully saturated rings. The highest BCUT2D eigenvalue weighted by Crippen LogP contribution is 2.07. The summed E-state index contributed by atoms with van der Waals surface area (Å²) in [6, 6.07) is 0. The van der Waals surface area contributed by atoms with Crippen molar-refractivity contribution >= 4 is 24.3 Å². The monoisotopic (exact) mass is 232 g/mol. The Labute approximate surface area is 95.5 Å². The molecule has 0 bridgehead atoms. The normalized spacial score (nSPS) is 9.87. The molecule has 0 aliphatic rings. The van der Waals surface area contributed by atoms with Gasteiger partial charge in [0.05, 0.1) is 6.54 Å². The van der Waals surface area contributed by atoms with Gasteiger partial charge in [-0.25, -0.2) is 4.98 Å². The first kappa shape index (κ1) is 13.9. The lowest BCUT2D eigenvalue weighted by Crippen LogP contribution is -2.24. The van der Waals surface area contributed by atoms with Gasteiger partial charge in [-0.2, -0.15) is 0 Å². The van der Waals surface area contributed by atoms with Crippen LogP contribution in [0.5, 0.6) is 0 Å². The number of rotatable bonds is 4. The minimum atomic E-state index is -0.221. The van der Waals surface area contributed by atoms with Gasteiger partial charge in [-0.3, -0.25) is 10.1 Å². The molecule has 0 atom stereocenters. The van der Waals surface area contributed by atoms with Gasteiger partial charge in [0.25, 0.3) is 0 Å². The number of aromatic nitrogens is 2. The van der Waals surface area contributed by atoms with E-state index in [1.807, 2.05) is 10.8 Å². The maximum Gasteiger partial charge on any atom is 0.240 e. The van der Waals surface area contributed by atoms with Gasteiger partial charge in [-0.05, 0) is 5.92 Å². The Kier molecular flexibility index (Phi) is 5.96. The van der Waals surface area contributed by atoms with Crippen molar-refractivity contribution in [3.8, 4) is 0 Å². The fourth-order valence-corrected chi connectivity index (χ4v) is 1.15. The van der Waals surface area contributed by atoms with E-state index in [1.54, 1.807) is 6.20 Å². The van der Waals surface area contributed by atoms with Crippen molar-refractivity contribution in [3.63, 3.8) is 0 Å². The van der Waals surface area contributed by atoms with E-state index < -0.39 is 0 Å². The van der Waals surface area contributed by atoms with Crippen LogP contribution in [0.1, 0.15) is 13.8 Å². The predicted molar refractivity (Wildman–Crippen MR) is 62.0 cm³/mol. The minimum Gasteiger partial charge on any atom is -0.322 e. The molecule has 0 saturated carbocycles. The molecule has 1 aromatic rings. The second kappa shape index (κ2) is 6.42. The number of nitrogens with zero attached hydrogens (tertiary/aromatic N) is 2. The van der Waals surface area contributed by atoms with E-state index in [-0.39, 0.29) is 24.9 Å². The number of halogens is 1. The third kappa shape index (κ3) is 4.31. The second-order valence-electron chi connectivity index (χ2n) is 3.55. The maximum atomic E-state index is 11.0. The smallest absolute Gasteiger partial charge is 0.240 e. The van der Waals surface area contributed by atoms with E-state index >= 15 is 0 Å². The van der Waals surface area contributed by atoms with Gasteiger partial charge in [0, 0.05) is 18.9 Å². The van der Waals surface area contributed by atoms with Gasteiger partial charge in [-0.15, -0.1) is 12.4 Å². The van der Waals surface area contributed by atoms with E-state index in [9.17, 15) is 4.79 Å². The van der Waals surface area contributed by atoms with E-state index in [2.05, 4.69) is 24.1 Å². The fourth-order valence-electron chi connectivity index (χ4n) is 1.15. The van der Waals surface area contributed by atoms with Crippen LogP contribution >= 0.6 is 12.4 Å². The van der Waals surface area contributed by atoms with Gasteiger partial charge < -0.3 is 10.3 Å². The molecule has 1 aromatic heterocycles. The van der Waals surface area contributed by atoms with E-state index in [4.69, 9.17) is 5.73 Å². The van der Waals surface area contributed by atoms with E-state index in [0.29, 0.717) is 11.9 Å². The fraction of sp³-hybridized carbons (Fsp3) is 0.556. The first-order chi connectivity index (χ1) is 6.63. The molecule has 1 amide bonds. The minimum absolute atomic E-state index is 0. The molecule has 0 unspecified atom stereocenters. The van der Waals surface area contributed by atoms with Crippen LogP contribution in [0.25, 0.3) is 0 Å². The molecule has 15 heavy (non-hydrogen) atoms. The summed E-state index contributed by atoms with van der Waals surface area (Å²) in [5.74, 6) is 0.855. The van der Waals surface area contributed by atoms with Gasteiger partial charge in [0.15, 0.2) is 0 Å². The molecule has 0 spiro atoms. The summed E-state index contributed by atoms with van der Waals surface area (Å²) in [7, 11) is 0. The third-order valence-corrected chi connectivity index (χ3v) is 1.71. The largest absolute Gasteiger partial charge is 0.322 e. The summed E-state index contributed by atoms with van der Waals surface area (Å²) in [6.45, 7) is 5.03. The molecular formula is C9H17ClN4O. The number of carbonyl (C=O) groups excluding carboxylic acids is 1. The highest BCUT2D eigenvalue weighted by atomic mass is 35.5. The van der Waals surface area contributed by atoms with Crippen molar-refractivity contribution < 1.29 is 4.79 Å². The first-order valence-corrected chi connectivity index (χ1v) is 4.64. The summed E-state index contributed by atoms with van der Waals surface area (Å²) >= 11 is 0. The summed E-state index contributed by atoms with van der Waals surface area (Å²) in [6.07, 6.45) is 3.50. The number of amides is 1. The van der Waals surface area contributed by atoms with Gasteiger partial charge in [0.1, 0.15) is 0 Å². The van der Waals surface area contributed by atoms with Crippen molar-refractivity contribution in [2.45, 2.75) is 20.4 Å². The Bertz CT molecular complexity index is 311. The Hall–Kier alpha value is -1.07. The standard InChI is InChI=1S/C9H16N4O.ClH/c1-7(2)6-13-4-3-11-9(13)12-8(14)5-10;/h3-4,7H,5-6,10H2,1-2H3,(H,11,12,14);1H. The summed E-state index contributed by atoms with van der Waals surface area (Å²) in [4.78, 5) is 15.1. The van der Waals surface area contributed by atoms with Crippen molar-refractivity contribution in [2.24, 2.45) is 11.7 Å². The number of hydrogen-bond donors (Lipinski definition) is 2. The molecule has 0 aliphatic carbocycles. The quantitative estimate of drug-likeness (QED) is 0.809. The highest BCUT2D eigenvalue weighted by molar-refractivity contribution is 5.90. The third-order valence-electron chi connectivity index (χ3n) is 1.71. The molecule has 0 saturated heterocycles. The van der Waals surface area contributed by atoms with Crippen LogP contribution in [-0.4, -0.2) is 22.0 Å². The zero-order valence-corrected chi connectivity index (χ0v) is 9.75. The Balaban J connectivity index is 0.00000196. The van der Waals surface area contributed by atoms with E-state index in [0.717, 1.165) is 6.54 Å². The van der Waals surface area contributed by atoms with Gasteiger partial charge >= 0.3 is 0 Å². The Morgan fingerprint density at radius 2 is 2.33 bits per heavy atom. The van der Waals surface area contributed by atoms with Crippen molar-refractivity contribution in [3.05, 3.63) is 12.4 Å². The van der Waals surface area contributed by atoms with Crippen LogP contribution in [-0.2, 0) is 11.3 Å².